The summed E-state index contributed by atoms with van der Waals surface area (Å²) in [6, 6.07) is 8.13. The van der Waals surface area contributed by atoms with E-state index in [-0.39, 0.29) is 6.10 Å². The van der Waals surface area contributed by atoms with Crippen molar-refractivity contribution in [3.8, 4) is 17.1 Å². The molecular formula is C14H14N2O2. The number of rotatable bonds is 4. The average Bonchev–Trinajstić information content (AvgIpc) is 3.22. The molecular weight excluding hydrogens is 228 g/mol. The molecule has 4 nitrogen and oxygen atoms in total. The van der Waals surface area contributed by atoms with E-state index in [1.807, 2.05) is 24.3 Å². The van der Waals surface area contributed by atoms with Gasteiger partial charge in [0, 0.05) is 5.56 Å². The van der Waals surface area contributed by atoms with Gasteiger partial charge in [-0.1, -0.05) is 29.8 Å². The second-order valence-electron chi connectivity index (χ2n) is 4.37. The predicted molar refractivity (Wildman–Crippen MR) is 67.4 cm³/mol. The highest BCUT2D eigenvalue weighted by Gasteiger charge is 2.23. The van der Waals surface area contributed by atoms with Crippen LogP contribution < -0.4 is 4.74 Å². The van der Waals surface area contributed by atoms with Gasteiger partial charge in [0.25, 0.3) is 0 Å². The summed E-state index contributed by atoms with van der Waals surface area (Å²) in [6.45, 7) is 3.43. The zero-order valence-electron chi connectivity index (χ0n) is 10.2. The van der Waals surface area contributed by atoms with Crippen molar-refractivity contribution in [2.75, 3.05) is 13.2 Å². The Balaban J connectivity index is 1.71. The lowest BCUT2D eigenvalue weighted by molar-refractivity contribution is 0.261. The van der Waals surface area contributed by atoms with Crippen LogP contribution in [-0.4, -0.2) is 29.3 Å². The SMILES string of the molecule is Cc1ccc(-c2ncc(OCC3CO3)cn2)cc1. The highest BCUT2D eigenvalue weighted by atomic mass is 16.6. The molecule has 0 spiro atoms. The fraction of sp³-hybridized carbons (Fsp3) is 0.286. The normalized spacial score (nSPS) is 17.5. The van der Waals surface area contributed by atoms with Gasteiger partial charge in [0.15, 0.2) is 11.6 Å². The smallest absolute Gasteiger partial charge is 0.159 e. The number of benzene rings is 1. The quantitative estimate of drug-likeness (QED) is 0.771. The van der Waals surface area contributed by atoms with Crippen molar-refractivity contribution in [2.24, 2.45) is 0 Å². The third-order valence-corrected chi connectivity index (χ3v) is 2.78. The van der Waals surface area contributed by atoms with Crippen molar-refractivity contribution in [2.45, 2.75) is 13.0 Å². The number of ether oxygens (including phenoxy) is 2. The number of epoxide rings is 1. The molecule has 1 fully saturated rings. The summed E-state index contributed by atoms with van der Waals surface area (Å²) >= 11 is 0. The first-order chi connectivity index (χ1) is 8.81. The highest BCUT2D eigenvalue weighted by Crippen LogP contribution is 2.18. The Morgan fingerprint density at radius 1 is 1.22 bits per heavy atom. The second-order valence-corrected chi connectivity index (χ2v) is 4.37. The van der Waals surface area contributed by atoms with Gasteiger partial charge in [-0.15, -0.1) is 0 Å². The standard InChI is InChI=1S/C14H14N2O2/c1-10-2-4-11(5-3-10)14-15-6-12(7-16-14)17-8-13-9-18-13/h2-7,13H,8-9H2,1H3. The van der Waals surface area contributed by atoms with Gasteiger partial charge >= 0.3 is 0 Å². The maximum absolute atomic E-state index is 5.49. The summed E-state index contributed by atoms with van der Waals surface area (Å²) in [4.78, 5) is 8.60. The molecule has 1 atom stereocenters. The van der Waals surface area contributed by atoms with Gasteiger partial charge in [-0.25, -0.2) is 9.97 Å². The molecule has 1 aliphatic heterocycles. The molecule has 0 radical (unpaired) electrons. The molecule has 1 saturated heterocycles. The molecule has 0 aliphatic carbocycles. The first kappa shape index (κ1) is 11.2. The lowest BCUT2D eigenvalue weighted by Gasteiger charge is -2.04. The summed E-state index contributed by atoms with van der Waals surface area (Å²) in [6.07, 6.45) is 3.65. The topological polar surface area (TPSA) is 47.5 Å². The van der Waals surface area contributed by atoms with Crippen molar-refractivity contribution in [1.82, 2.24) is 9.97 Å². The maximum atomic E-state index is 5.49. The van der Waals surface area contributed by atoms with Gasteiger partial charge in [0.05, 0.1) is 19.0 Å². The van der Waals surface area contributed by atoms with E-state index in [1.165, 1.54) is 5.56 Å². The minimum atomic E-state index is 0.252. The Kier molecular flexibility index (Phi) is 2.94. The molecule has 1 aromatic heterocycles. The van der Waals surface area contributed by atoms with Gasteiger partial charge in [-0.05, 0) is 6.92 Å². The van der Waals surface area contributed by atoms with E-state index in [1.54, 1.807) is 12.4 Å². The van der Waals surface area contributed by atoms with Crippen LogP contribution >= 0.6 is 0 Å². The Morgan fingerprint density at radius 3 is 2.50 bits per heavy atom. The fourth-order valence-electron chi connectivity index (χ4n) is 1.60. The molecule has 1 aliphatic rings. The van der Waals surface area contributed by atoms with Crippen LogP contribution in [0.3, 0.4) is 0 Å². The first-order valence-corrected chi connectivity index (χ1v) is 5.95. The van der Waals surface area contributed by atoms with E-state index in [9.17, 15) is 0 Å². The predicted octanol–water partition coefficient (Wildman–Crippen LogP) is 2.23. The van der Waals surface area contributed by atoms with Crippen molar-refractivity contribution >= 4 is 0 Å². The van der Waals surface area contributed by atoms with Crippen molar-refractivity contribution < 1.29 is 9.47 Å². The van der Waals surface area contributed by atoms with Crippen LogP contribution in [-0.2, 0) is 4.74 Å². The van der Waals surface area contributed by atoms with E-state index < -0.39 is 0 Å². The van der Waals surface area contributed by atoms with E-state index in [2.05, 4.69) is 16.9 Å². The van der Waals surface area contributed by atoms with Gasteiger partial charge in [0.1, 0.15) is 12.7 Å². The molecule has 92 valence electrons. The van der Waals surface area contributed by atoms with Crippen LogP contribution in [0.4, 0.5) is 0 Å². The van der Waals surface area contributed by atoms with Gasteiger partial charge in [-0.3, -0.25) is 0 Å². The molecule has 18 heavy (non-hydrogen) atoms. The lowest BCUT2D eigenvalue weighted by atomic mass is 10.1. The summed E-state index contributed by atoms with van der Waals surface area (Å²) in [7, 11) is 0. The summed E-state index contributed by atoms with van der Waals surface area (Å²) in [5.41, 5.74) is 2.24. The zero-order chi connectivity index (χ0) is 12.4. The third kappa shape index (κ3) is 2.65. The van der Waals surface area contributed by atoms with Crippen LogP contribution in [0.1, 0.15) is 5.56 Å². The third-order valence-electron chi connectivity index (χ3n) is 2.78. The van der Waals surface area contributed by atoms with E-state index in [4.69, 9.17) is 9.47 Å². The molecule has 2 heterocycles. The minimum Gasteiger partial charge on any atom is -0.488 e. The molecule has 1 unspecified atom stereocenters. The average molecular weight is 242 g/mol. The second kappa shape index (κ2) is 4.74. The largest absolute Gasteiger partial charge is 0.488 e. The van der Waals surface area contributed by atoms with E-state index in [0.717, 1.165) is 12.2 Å². The van der Waals surface area contributed by atoms with Crippen molar-refractivity contribution in [1.29, 1.82) is 0 Å². The molecule has 0 bridgehead atoms. The van der Waals surface area contributed by atoms with E-state index in [0.29, 0.717) is 18.2 Å². The summed E-state index contributed by atoms with van der Waals surface area (Å²) < 4.78 is 10.6. The Bertz CT molecular complexity index is 518. The van der Waals surface area contributed by atoms with Crippen LogP contribution in [0.15, 0.2) is 36.7 Å². The maximum Gasteiger partial charge on any atom is 0.159 e. The number of nitrogens with zero attached hydrogens (tertiary/aromatic N) is 2. The molecule has 2 aromatic rings. The highest BCUT2D eigenvalue weighted by molar-refractivity contribution is 5.55. The Morgan fingerprint density at radius 2 is 1.89 bits per heavy atom. The minimum absolute atomic E-state index is 0.252. The number of aromatic nitrogens is 2. The van der Waals surface area contributed by atoms with Gasteiger partial charge in [0.2, 0.25) is 0 Å². The van der Waals surface area contributed by atoms with Crippen LogP contribution in [0.25, 0.3) is 11.4 Å². The molecule has 0 N–H and O–H groups in total. The monoisotopic (exact) mass is 242 g/mol. The van der Waals surface area contributed by atoms with Crippen LogP contribution in [0.2, 0.25) is 0 Å². The first-order valence-electron chi connectivity index (χ1n) is 5.95. The molecule has 3 rings (SSSR count). The van der Waals surface area contributed by atoms with Gasteiger partial charge in [-0.2, -0.15) is 0 Å². The molecule has 4 heteroatoms. The number of aryl methyl sites for hydroxylation is 1. The van der Waals surface area contributed by atoms with Crippen molar-refractivity contribution in [3.63, 3.8) is 0 Å². The van der Waals surface area contributed by atoms with Gasteiger partial charge < -0.3 is 9.47 Å². The number of hydrogen-bond acceptors (Lipinski definition) is 4. The lowest BCUT2D eigenvalue weighted by Crippen LogP contribution is -2.04. The molecule has 0 amide bonds. The Hall–Kier alpha value is -1.94. The number of hydrogen-bond donors (Lipinski definition) is 0. The fourth-order valence-corrected chi connectivity index (χ4v) is 1.60. The Labute approximate surface area is 106 Å². The summed E-state index contributed by atoms with van der Waals surface area (Å²) in [5, 5.41) is 0. The zero-order valence-corrected chi connectivity index (χ0v) is 10.2. The molecule has 0 saturated carbocycles. The van der Waals surface area contributed by atoms with Crippen LogP contribution in [0.5, 0.6) is 5.75 Å². The van der Waals surface area contributed by atoms with Crippen molar-refractivity contribution in [3.05, 3.63) is 42.2 Å². The molecule has 1 aromatic carbocycles. The van der Waals surface area contributed by atoms with Crippen LogP contribution in [0, 0.1) is 6.92 Å². The van der Waals surface area contributed by atoms with E-state index >= 15 is 0 Å². The summed E-state index contributed by atoms with van der Waals surface area (Å²) in [5.74, 6) is 1.39.